The highest BCUT2D eigenvalue weighted by Crippen LogP contribution is 2.19. The normalized spacial score (nSPS) is 10.1. The Labute approximate surface area is 77.7 Å². The van der Waals surface area contributed by atoms with Gasteiger partial charge in [0.1, 0.15) is 5.76 Å². The van der Waals surface area contributed by atoms with E-state index in [0.717, 1.165) is 0 Å². The molecule has 60 valence electrons. The molecule has 0 aromatic carbocycles. The molecule has 1 aromatic rings. The number of carbonyl (C=O) groups excluding carboxylic acids is 1. The third kappa shape index (κ3) is 1.84. The largest absolute Gasteiger partial charge is 0.454 e. The molecule has 0 aliphatic heterocycles. The fourth-order valence-electron chi connectivity index (χ4n) is 0.795. The van der Waals surface area contributed by atoms with Crippen LogP contribution in [0.2, 0.25) is 0 Å². The second kappa shape index (κ2) is 3.41. The molecule has 0 aliphatic rings. The monoisotopic (exact) mass is 236 g/mol. The standard InChI is InChI=1S/C7H6BrClO2/c1-4-5(6(10)3-9)2-7(8)11-4/h2H,3H2,1H3. The summed E-state index contributed by atoms with van der Waals surface area (Å²) in [6, 6.07) is 1.63. The summed E-state index contributed by atoms with van der Waals surface area (Å²) in [5.41, 5.74) is 0.548. The minimum absolute atomic E-state index is 0.00713. The summed E-state index contributed by atoms with van der Waals surface area (Å²) in [4.78, 5) is 11.0. The zero-order valence-electron chi connectivity index (χ0n) is 5.86. The van der Waals surface area contributed by atoms with Gasteiger partial charge in [-0.05, 0) is 22.9 Å². The Morgan fingerprint density at radius 2 is 2.45 bits per heavy atom. The van der Waals surface area contributed by atoms with Crippen LogP contribution in [0, 0.1) is 6.92 Å². The number of alkyl halides is 1. The number of ketones is 1. The van der Waals surface area contributed by atoms with Gasteiger partial charge >= 0.3 is 0 Å². The molecule has 0 bridgehead atoms. The second-order valence-electron chi connectivity index (χ2n) is 2.08. The summed E-state index contributed by atoms with van der Waals surface area (Å²) in [6.45, 7) is 1.73. The Morgan fingerprint density at radius 3 is 2.82 bits per heavy atom. The van der Waals surface area contributed by atoms with Gasteiger partial charge in [0.15, 0.2) is 10.5 Å². The third-order valence-electron chi connectivity index (χ3n) is 1.31. The van der Waals surface area contributed by atoms with E-state index in [9.17, 15) is 4.79 Å². The van der Waals surface area contributed by atoms with Gasteiger partial charge in [0.2, 0.25) is 0 Å². The molecule has 1 aromatic heterocycles. The van der Waals surface area contributed by atoms with Crippen LogP contribution in [-0.4, -0.2) is 11.7 Å². The summed E-state index contributed by atoms with van der Waals surface area (Å²) in [5, 5.41) is 0. The maximum Gasteiger partial charge on any atom is 0.181 e. The highest BCUT2D eigenvalue weighted by atomic mass is 79.9. The molecule has 1 rings (SSSR count). The Balaban J connectivity index is 3.03. The molecule has 0 atom stereocenters. The van der Waals surface area contributed by atoms with Crippen molar-refractivity contribution in [2.75, 3.05) is 5.88 Å². The van der Waals surface area contributed by atoms with Crippen molar-refractivity contribution in [3.05, 3.63) is 22.1 Å². The summed E-state index contributed by atoms with van der Waals surface area (Å²) in [5.74, 6) is 0.480. The van der Waals surface area contributed by atoms with Gasteiger partial charge < -0.3 is 4.42 Å². The second-order valence-corrected chi connectivity index (χ2v) is 3.13. The van der Waals surface area contributed by atoms with Crippen LogP contribution in [-0.2, 0) is 0 Å². The van der Waals surface area contributed by atoms with Crippen LogP contribution in [0.3, 0.4) is 0 Å². The molecule has 0 fully saturated rings. The van der Waals surface area contributed by atoms with Gasteiger partial charge in [0.25, 0.3) is 0 Å². The SMILES string of the molecule is Cc1oc(Br)cc1C(=O)CCl. The Bertz CT molecular complexity index is 280. The van der Waals surface area contributed by atoms with E-state index in [2.05, 4.69) is 15.9 Å². The van der Waals surface area contributed by atoms with Crippen LogP contribution in [0.4, 0.5) is 0 Å². The van der Waals surface area contributed by atoms with Crippen molar-refractivity contribution in [1.29, 1.82) is 0 Å². The summed E-state index contributed by atoms with van der Waals surface area (Å²) < 4.78 is 5.63. The minimum atomic E-state index is -0.112. The van der Waals surface area contributed by atoms with E-state index in [1.807, 2.05) is 0 Å². The molecule has 1 heterocycles. The number of aryl methyl sites for hydroxylation is 1. The van der Waals surface area contributed by atoms with Gasteiger partial charge in [0, 0.05) is 6.07 Å². The maximum atomic E-state index is 11.0. The first-order valence-electron chi connectivity index (χ1n) is 3.00. The van der Waals surface area contributed by atoms with Crippen molar-refractivity contribution < 1.29 is 9.21 Å². The first-order chi connectivity index (χ1) is 5.15. The maximum absolute atomic E-state index is 11.0. The van der Waals surface area contributed by atoms with Gasteiger partial charge in [-0.25, -0.2) is 0 Å². The predicted octanol–water partition coefficient (Wildman–Crippen LogP) is 2.77. The third-order valence-corrected chi connectivity index (χ3v) is 1.94. The van der Waals surface area contributed by atoms with E-state index in [1.54, 1.807) is 13.0 Å². The van der Waals surface area contributed by atoms with Crippen LogP contribution in [0.5, 0.6) is 0 Å². The zero-order valence-corrected chi connectivity index (χ0v) is 8.20. The molecule has 0 aliphatic carbocycles. The lowest BCUT2D eigenvalue weighted by Crippen LogP contribution is -1.99. The highest BCUT2D eigenvalue weighted by molar-refractivity contribution is 9.10. The van der Waals surface area contributed by atoms with E-state index < -0.39 is 0 Å². The molecule has 0 unspecified atom stereocenters. The molecular weight excluding hydrogens is 231 g/mol. The Morgan fingerprint density at radius 1 is 1.82 bits per heavy atom. The first-order valence-corrected chi connectivity index (χ1v) is 4.33. The topological polar surface area (TPSA) is 30.2 Å². The van der Waals surface area contributed by atoms with Crippen molar-refractivity contribution in [1.82, 2.24) is 0 Å². The summed E-state index contributed by atoms with van der Waals surface area (Å²) in [7, 11) is 0. The van der Waals surface area contributed by atoms with Gasteiger partial charge in [-0.15, -0.1) is 11.6 Å². The predicted molar refractivity (Wildman–Crippen MR) is 46.2 cm³/mol. The van der Waals surface area contributed by atoms with Crippen molar-refractivity contribution in [3.8, 4) is 0 Å². The van der Waals surface area contributed by atoms with Crippen molar-refractivity contribution in [2.45, 2.75) is 6.92 Å². The van der Waals surface area contributed by atoms with E-state index >= 15 is 0 Å². The first kappa shape index (κ1) is 8.81. The molecule has 0 N–H and O–H groups in total. The number of Topliss-reactive ketones (excluding diaryl/α,β-unsaturated/α-hetero) is 1. The smallest absolute Gasteiger partial charge is 0.181 e. The van der Waals surface area contributed by atoms with Gasteiger partial charge in [-0.2, -0.15) is 0 Å². The molecule has 0 saturated carbocycles. The van der Waals surface area contributed by atoms with Crippen LogP contribution in [0.15, 0.2) is 15.2 Å². The molecular formula is C7H6BrClO2. The molecule has 11 heavy (non-hydrogen) atoms. The van der Waals surface area contributed by atoms with E-state index in [-0.39, 0.29) is 11.7 Å². The lowest BCUT2D eigenvalue weighted by atomic mass is 10.2. The average Bonchev–Trinajstić information content (AvgIpc) is 2.28. The number of furan rings is 1. The van der Waals surface area contributed by atoms with Crippen molar-refractivity contribution in [2.24, 2.45) is 0 Å². The number of hydrogen-bond acceptors (Lipinski definition) is 2. The molecule has 0 amide bonds. The lowest BCUT2D eigenvalue weighted by molar-refractivity contribution is 0.101. The van der Waals surface area contributed by atoms with Gasteiger partial charge in [0.05, 0.1) is 11.4 Å². The summed E-state index contributed by atoms with van der Waals surface area (Å²) >= 11 is 8.48. The summed E-state index contributed by atoms with van der Waals surface area (Å²) in [6.07, 6.45) is 0. The molecule has 0 radical (unpaired) electrons. The number of hydrogen-bond donors (Lipinski definition) is 0. The van der Waals surface area contributed by atoms with Gasteiger partial charge in [-0.1, -0.05) is 0 Å². The van der Waals surface area contributed by atoms with Crippen LogP contribution >= 0.6 is 27.5 Å². The van der Waals surface area contributed by atoms with E-state index in [1.165, 1.54) is 0 Å². The van der Waals surface area contributed by atoms with E-state index in [0.29, 0.717) is 16.0 Å². The number of halogens is 2. The number of carbonyl (C=O) groups is 1. The molecule has 0 spiro atoms. The van der Waals surface area contributed by atoms with Crippen molar-refractivity contribution in [3.63, 3.8) is 0 Å². The minimum Gasteiger partial charge on any atom is -0.454 e. The van der Waals surface area contributed by atoms with Crippen molar-refractivity contribution >= 4 is 33.3 Å². The quantitative estimate of drug-likeness (QED) is 0.585. The molecule has 4 heteroatoms. The Hall–Kier alpha value is -0.280. The average molecular weight is 237 g/mol. The van der Waals surface area contributed by atoms with Crippen LogP contribution < -0.4 is 0 Å². The fourth-order valence-corrected chi connectivity index (χ4v) is 1.41. The zero-order chi connectivity index (χ0) is 8.43. The van der Waals surface area contributed by atoms with Crippen LogP contribution in [0.25, 0.3) is 0 Å². The number of rotatable bonds is 2. The highest BCUT2D eigenvalue weighted by Gasteiger charge is 2.11. The molecule has 0 saturated heterocycles. The van der Waals surface area contributed by atoms with Crippen LogP contribution in [0.1, 0.15) is 16.1 Å². The molecule has 2 nitrogen and oxygen atoms in total. The van der Waals surface area contributed by atoms with E-state index in [4.69, 9.17) is 16.0 Å². The van der Waals surface area contributed by atoms with Gasteiger partial charge in [-0.3, -0.25) is 4.79 Å². The lowest BCUT2D eigenvalue weighted by Gasteiger charge is -1.89. The fraction of sp³-hybridized carbons (Fsp3) is 0.286. The Kier molecular flexibility index (Phi) is 2.73.